The number of nitrogens with zero attached hydrogens (tertiary/aromatic N) is 3. The average molecular weight is 470 g/mol. The standard InChI is InChI=1S/C24H28ClN5O3/c1-24(2,22(26)31)15-11-17(12-15)33-23-27-19-13-18(25)20(28-21(19)29-23)14-3-5-16(6-4-14)30-7-9-32-10-8-30/h3-6,13,15,17H,7-12H2,1-2H3,(H2,26,31)(H,27,28,29)/t15-,17+. The molecule has 8 nitrogen and oxygen atoms in total. The van der Waals surface area contributed by atoms with Crippen LogP contribution in [0, 0.1) is 11.3 Å². The van der Waals surface area contributed by atoms with Crippen LogP contribution in [0.1, 0.15) is 26.7 Å². The van der Waals surface area contributed by atoms with Crippen LogP contribution in [0.15, 0.2) is 30.3 Å². The Kier molecular flexibility index (Phi) is 5.66. The highest BCUT2D eigenvalue weighted by atomic mass is 35.5. The number of halogens is 1. The molecule has 1 saturated carbocycles. The molecule has 3 N–H and O–H groups in total. The highest BCUT2D eigenvalue weighted by Gasteiger charge is 2.44. The molecule has 1 amide bonds. The Morgan fingerprint density at radius 1 is 1.21 bits per heavy atom. The number of anilines is 1. The molecule has 2 aliphatic rings. The van der Waals surface area contributed by atoms with Gasteiger partial charge in [-0.15, -0.1) is 0 Å². The number of amides is 1. The van der Waals surface area contributed by atoms with Crippen molar-refractivity contribution in [3.05, 3.63) is 35.4 Å². The first-order valence-corrected chi connectivity index (χ1v) is 11.6. The summed E-state index contributed by atoms with van der Waals surface area (Å²) >= 11 is 6.56. The average Bonchev–Trinajstić information content (AvgIpc) is 3.17. The maximum atomic E-state index is 11.7. The summed E-state index contributed by atoms with van der Waals surface area (Å²) in [5, 5.41) is 0.545. The van der Waals surface area contributed by atoms with E-state index in [4.69, 9.17) is 26.8 Å². The molecule has 3 aromatic rings. The highest BCUT2D eigenvalue weighted by molar-refractivity contribution is 6.33. The lowest BCUT2D eigenvalue weighted by Crippen LogP contribution is -2.47. The van der Waals surface area contributed by atoms with Gasteiger partial charge in [0.2, 0.25) is 5.91 Å². The number of ether oxygens (including phenoxy) is 2. The van der Waals surface area contributed by atoms with Crippen LogP contribution in [0.2, 0.25) is 5.02 Å². The zero-order valence-corrected chi connectivity index (χ0v) is 19.6. The van der Waals surface area contributed by atoms with Gasteiger partial charge in [0.25, 0.3) is 6.01 Å². The van der Waals surface area contributed by atoms with Crippen molar-refractivity contribution < 1.29 is 14.3 Å². The van der Waals surface area contributed by atoms with E-state index in [0.717, 1.165) is 55.9 Å². The van der Waals surface area contributed by atoms with E-state index in [0.29, 0.717) is 22.4 Å². The van der Waals surface area contributed by atoms with Crippen molar-refractivity contribution in [1.82, 2.24) is 15.0 Å². The van der Waals surface area contributed by atoms with Crippen molar-refractivity contribution >= 4 is 34.4 Å². The molecule has 0 spiro atoms. The van der Waals surface area contributed by atoms with Crippen molar-refractivity contribution in [2.45, 2.75) is 32.8 Å². The third-order valence-corrected chi connectivity index (χ3v) is 7.24. The van der Waals surface area contributed by atoms with Gasteiger partial charge in [-0.3, -0.25) is 4.79 Å². The minimum atomic E-state index is -0.533. The van der Waals surface area contributed by atoms with Gasteiger partial charge in [-0.1, -0.05) is 37.6 Å². The Morgan fingerprint density at radius 3 is 2.58 bits per heavy atom. The molecular formula is C24H28ClN5O3. The van der Waals surface area contributed by atoms with E-state index in [1.54, 1.807) is 0 Å². The third kappa shape index (κ3) is 4.25. The summed E-state index contributed by atoms with van der Waals surface area (Å²) in [5.74, 6) is -0.0666. The Bertz CT molecular complexity index is 1160. The number of aromatic amines is 1. The van der Waals surface area contributed by atoms with Crippen molar-refractivity contribution in [2.75, 3.05) is 31.2 Å². The first kappa shape index (κ1) is 22.0. The van der Waals surface area contributed by atoms with E-state index in [1.807, 2.05) is 32.0 Å². The van der Waals surface area contributed by atoms with E-state index in [1.165, 1.54) is 0 Å². The lowest BCUT2D eigenvalue weighted by Gasteiger charge is -2.42. The van der Waals surface area contributed by atoms with E-state index in [9.17, 15) is 4.79 Å². The first-order valence-electron chi connectivity index (χ1n) is 11.3. The number of rotatable bonds is 6. The van der Waals surface area contributed by atoms with E-state index < -0.39 is 5.41 Å². The quantitative estimate of drug-likeness (QED) is 0.569. The summed E-state index contributed by atoms with van der Waals surface area (Å²) in [4.78, 5) is 26.3. The molecule has 174 valence electrons. The monoisotopic (exact) mass is 469 g/mol. The molecule has 5 rings (SSSR count). The highest BCUT2D eigenvalue weighted by Crippen LogP contribution is 2.43. The SMILES string of the molecule is CC(C)(C(N)=O)[C@H]1C[C@@H](Oc2nc3nc(-c4ccc(N5CCOCC5)cc4)c(Cl)cc3[nH]2)C1. The Balaban J connectivity index is 1.30. The van der Waals surface area contributed by atoms with Gasteiger partial charge in [0.05, 0.1) is 29.4 Å². The Labute approximate surface area is 197 Å². The van der Waals surface area contributed by atoms with Crippen LogP contribution in [-0.2, 0) is 9.53 Å². The van der Waals surface area contributed by atoms with Crippen LogP contribution in [0.3, 0.4) is 0 Å². The van der Waals surface area contributed by atoms with Crippen molar-refractivity contribution in [3.8, 4) is 17.3 Å². The van der Waals surface area contributed by atoms with Gasteiger partial charge in [-0.2, -0.15) is 4.98 Å². The lowest BCUT2D eigenvalue weighted by molar-refractivity contribution is -0.133. The molecule has 33 heavy (non-hydrogen) atoms. The van der Waals surface area contributed by atoms with Crippen LogP contribution in [0.4, 0.5) is 5.69 Å². The van der Waals surface area contributed by atoms with Gasteiger partial charge < -0.3 is 25.1 Å². The number of hydrogen-bond donors (Lipinski definition) is 2. The van der Waals surface area contributed by atoms with Gasteiger partial charge in [0, 0.05) is 29.8 Å². The number of aromatic nitrogens is 3. The van der Waals surface area contributed by atoms with E-state index in [2.05, 4.69) is 32.0 Å². The van der Waals surface area contributed by atoms with Crippen LogP contribution in [-0.4, -0.2) is 53.3 Å². The van der Waals surface area contributed by atoms with Crippen molar-refractivity contribution in [1.29, 1.82) is 0 Å². The second-order valence-electron chi connectivity index (χ2n) is 9.37. The fraction of sp³-hybridized carbons (Fsp3) is 0.458. The fourth-order valence-corrected chi connectivity index (χ4v) is 4.68. The van der Waals surface area contributed by atoms with Gasteiger partial charge in [-0.25, -0.2) is 4.98 Å². The van der Waals surface area contributed by atoms with Crippen LogP contribution in [0.25, 0.3) is 22.4 Å². The summed E-state index contributed by atoms with van der Waals surface area (Å²) in [6.07, 6.45) is 1.53. The molecule has 9 heteroatoms. The van der Waals surface area contributed by atoms with Crippen LogP contribution >= 0.6 is 11.6 Å². The zero-order chi connectivity index (χ0) is 23.2. The molecule has 2 aromatic heterocycles. The number of hydrogen-bond acceptors (Lipinski definition) is 6. The molecular weight excluding hydrogens is 442 g/mol. The largest absolute Gasteiger partial charge is 0.461 e. The lowest BCUT2D eigenvalue weighted by atomic mass is 9.65. The predicted molar refractivity (Wildman–Crippen MR) is 127 cm³/mol. The number of primary amides is 1. The second-order valence-corrected chi connectivity index (χ2v) is 9.78. The summed E-state index contributed by atoms with van der Waals surface area (Å²) < 4.78 is 11.4. The molecule has 1 aliphatic carbocycles. The van der Waals surface area contributed by atoms with Gasteiger partial charge in [0.1, 0.15) is 6.10 Å². The first-order chi connectivity index (χ1) is 15.8. The molecule has 1 aromatic carbocycles. The van der Waals surface area contributed by atoms with Gasteiger partial charge >= 0.3 is 0 Å². The predicted octanol–water partition coefficient (Wildman–Crippen LogP) is 3.78. The smallest absolute Gasteiger partial charge is 0.296 e. The molecule has 1 saturated heterocycles. The van der Waals surface area contributed by atoms with Gasteiger partial charge in [0.15, 0.2) is 5.65 Å². The van der Waals surface area contributed by atoms with Crippen molar-refractivity contribution in [2.24, 2.45) is 17.1 Å². The fourth-order valence-electron chi connectivity index (χ4n) is 4.42. The number of carbonyl (C=O) groups excluding carboxylic acids is 1. The Morgan fingerprint density at radius 2 is 1.91 bits per heavy atom. The third-order valence-electron chi connectivity index (χ3n) is 6.95. The molecule has 2 fully saturated rings. The Hall–Kier alpha value is -2.84. The summed E-state index contributed by atoms with van der Waals surface area (Å²) in [6.45, 7) is 7.06. The summed E-state index contributed by atoms with van der Waals surface area (Å²) in [6, 6.07) is 10.5. The molecule has 0 bridgehead atoms. The number of nitrogens with two attached hydrogens (primary N) is 1. The molecule has 0 atom stereocenters. The van der Waals surface area contributed by atoms with Crippen molar-refractivity contribution in [3.63, 3.8) is 0 Å². The minimum Gasteiger partial charge on any atom is -0.461 e. The number of imidazole rings is 1. The maximum absolute atomic E-state index is 11.7. The van der Waals surface area contributed by atoms with Crippen LogP contribution < -0.4 is 15.4 Å². The second kappa shape index (κ2) is 8.50. The molecule has 0 unspecified atom stereocenters. The van der Waals surface area contributed by atoms with E-state index in [-0.39, 0.29) is 17.9 Å². The number of nitrogens with one attached hydrogen (secondary N) is 1. The maximum Gasteiger partial charge on any atom is 0.296 e. The van der Waals surface area contributed by atoms with Gasteiger partial charge in [-0.05, 0) is 37.0 Å². The number of benzene rings is 1. The molecule has 0 radical (unpaired) electrons. The minimum absolute atomic E-state index is 0.00291. The normalized spacial score (nSPS) is 21.1. The molecule has 1 aliphatic heterocycles. The molecule has 3 heterocycles. The number of pyridine rings is 1. The van der Waals surface area contributed by atoms with E-state index >= 15 is 0 Å². The number of carbonyl (C=O) groups is 1. The summed E-state index contributed by atoms with van der Waals surface area (Å²) in [5.41, 5.74) is 9.04. The number of fused-ring (bicyclic) bond motifs is 1. The zero-order valence-electron chi connectivity index (χ0n) is 18.8. The topological polar surface area (TPSA) is 106 Å². The summed E-state index contributed by atoms with van der Waals surface area (Å²) in [7, 11) is 0. The number of morpholine rings is 1. The van der Waals surface area contributed by atoms with Crippen LogP contribution in [0.5, 0.6) is 6.01 Å². The number of H-pyrrole nitrogens is 1.